The molecule has 0 aliphatic carbocycles. The highest BCUT2D eigenvalue weighted by molar-refractivity contribution is 5.93. The molecule has 1 unspecified atom stereocenters. The molecular formula is C18H20N6O. The SMILES string of the molecule is CCCc1cc(C(=O)N2CCc3[nH]cnc3C2c2cccnc2)n[nH]1. The van der Waals surface area contributed by atoms with Crippen LogP contribution in [-0.2, 0) is 12.8 Å². The Hall–Kier alpha value is -2.96. The van der Waals surface area contributed by atoms with Gasteiger partial charge in [0.05, 0.1) is 12.0 Å². The van der Waals surface area contributed by atoms with E-state index in [0.29, 0.717) is 12.2 Å². The summed E-state index contributed by atoms with van der Waals surface area (Å²) in [6, 6.07) is 5.47. The van der Waals surface area contributed by atoms with E-state index in [-0.39, 0.29) is 11.9 Å². The number of H-pyrrole nitrogens is 2. The molecule has 0 fully saturated rings. The summed E-state index contributed by atoms with van der Waals surface area (Å²) >= 11 is 0. The highest BCUT2D eigenvalue weighted by Gasteiger charge is 2.35. The van der Waals surface area contributed by atoms with E-state index in [4.69, 9.17) is 0 Å². The fourth-order valence-corrected chi connectivity index (χ4v) is 3.39. The number of nitrogens with zero attached hydrogens (tertiary/aromatic N) is 4. The van der Waals surface area contributed by atoms with E-state index < -0.39 is 0 Å². The molecular weight excluding hydrogens is 316 g/mol. The van der Waals surface area contributed by atoms with Gasteiger partial charge in [0.15, 0.2) is 0 Å². The van der Waals surface area contributed by atoms with E-state index >= 15 is 0 Å². The van der Waals surface area contributed by atoms with E-state index in [9.17, 15) is 4.79 Å². The normalized spacial score (nSPS) is 16.7. The molecule has 4 heterocycles. The first-order valence-electron chi connectivity index (χ1n) is 8.55. The number of carbonyl (C=O) groups is 1. The average molecular weight is 336 g/mol. The maximum Gasteiger partial charge on any atom is 0.275 e. The fourth-order valence-electron chi connectivity index (χ4n) is 3.39. The van der Waals surface area contributed by atoms with Crippen LogP contribution in [0, 0.1) is 0 Å². The number of imidazole rings is 1. The van der Waals surface area contributed by atoms with Crippen LogP contribution in [0.2, 0.25) is 0 Å². The third-order valence-electron chi connectivity index (χ3n) is 4.56. The van der Waals surface area contributed by atoms with Crippen LogP contribution in [0.5, 0.6) is 0 Å². The molecule has 3 aromatic rings. The van der Waals surface area contributed by atoms with Crippen LogP contribution in [0.3, 0.4) is 0 Å². The molecule has 0 bridgehead atoms. The van der Waals surface area contributed by atoms with Gasteiger partial charge in [-0.05, 0) is 24.1 Å². The minimum absolute atomic E-state index is 0.0823. The Morgan fingerprint density at radius 1 is 1.44 bits per heavy atom. The van der Waals surface area contributed by atoms with Crippen LogP contribution in [0.25, 0.3) is 0 Å². The molecule has 3 aromatic heterocycles. The fraction of sp³-hybridized carbons (Fsp3) is 0.333. The Balaban J connectivity index is 1.70. The number of carbonyl (C=O) groups excluding carboxylic acids is 1. The van der Waals surface area contributed by atoms with Crippen molar-refractivity contribution in [2.45, 2.75) is 32.2 Å². The van der Waals surface area contributed by atoms with Gasteiger partial charge in [0.25, 0.3) is 5.91 Å². The standard InChI is InChI=1S/C18H20N6O/c1-2-4-13-9-15(23-22-13)18(25)24-8-6-14-16(21-11-20-14)17(24)12-5-3-7-19-10-12/h3,5,7,9-11,17H,2,4,6,8H2,1H3,(H,20,21)(H,22,23). The van der Waals surface area contributed by atoms with Crippen LogP contribution < -0.4 is 0 Å². The lowest BCUT2D eigenvalue weighted by Gasteiger charge is -2.34. The summed E-state index contributed by atoms with van der Waals surface area (Å²) in [5.74, 6) is -0.0823. The van der Waals surface area contributed by atoms with Gasteiger partial charge >= 0.3 is 0 Å². The maximum absolute atomic E-state index is 13.1. The molecule has 25 heavy (non-hydrogen) atoms. The predicted molar refractivity (Wildman–Crippen MR) is 92.0 cm³/mol. The van der Waals surface area contributed by atoms with Crippen molar-refractivity contribution in [3.05, 3.63) is 65.3 Å². The molecule has 1 amide bonds. The molecule has 4 rings (SSSR count). The van der Waals surface area contributed by atoms with Gasteiger partial charge in [-0.3, -0.25) is 14.9 Å². The lowest BCUT2D eigenvalue weighted by Crippen LogP contribution is -2.41. The zero-order chi connectivity index (χ0) is 17.2. The largest absolute Gasteiger partial charge is 0.348 e. The number of pyridine rings is 1. The minimum Gasteiger partial charge on any atom is -0.348 e. The van der Waals surface area contributed by atoms with Crippen molar-refractivity contribution in [3.8, 4) is 0 Å². The lowest BCUT2D eigenvalue weighted by molar-refractivity contribution is 0.0684. The van der Waals surface area contributed by atoms with Crippen LogP contribution in [-0.4, -0.2) is 42.5 Å². The zero-order valence-electron chi connectivity index (χ0n) is 14.1. The molecule has 0 saturated heterocycles. The molecule has 2 N–H and O–H groups in total. The quantitative estimate of drug-likeness (QED) is 0.765. The van der Waals surface area contributed by atoms with Crippen LogP contribution in [0.15, 0.2) is 36.9 Å². The maximum atomic E-state index is 13.1. The smallest absolute Gasteiger partial charge is 0.275 e. The average Bonchev–Trinajstić information content (AvgIpc) is 3.30. The van der Waals surface area contributed by atoms with Gasteiger partial charge in [-0.25, -0.2) is 4.98 Å². The second kappa shape index (κ2) is 6.51. The first-order valence-corrected chi connectivity index (χ1v) is 8.55. The molecule has 128 valence electrons. The van der Waals surface area contributed by atoms with Crippen molar-refractivity contribution in [2.24, 2.45) is 0 Å². The Kier molecular flexibility index (Phi) is 4.05. The molecule has 7 heteroatoms. The van der Waals surface area contributed by atoms with Gasteiger partial charge in [0.1, 0.15) is 11.7 Å². The summed E-state index contributed by atoms with van der Waals surface area (Å²) in [6.07, 6.45) is 7.86. The second-order valence-corrected chi connectivity index (χ2v) is 6.23. The summed E-state index contributed by atoms with van der Waals surface area (Å²) in [5, 5.41) is 7.19. The number of aryl methyl sites for hydroxylation is 1. The monoisotopic (exact) mass is 336 g/mol. The van der Waals surface area contributed by atoms with E-state index in [1.54, 1.807) is 18.7 Å². The highest BCUT2D eigenvalue weighted by Crippen LogP contribution is 2.33. The molecule has 0 aromatic carbocycles. The number of nitrogens with one attached hydrogen (secondary N) is 2. The van der Waals surface area contributed by atoms with Gasteiger partial charge < -0.3 is 9.88 Å². The van der Waals surface area contributed by atoms with Crippen molar-refractivity contribution in [3.63, 3.8) is 0 Å². The number of aromatic amines is 2. The molecule has 7 nitrogen and oxygen atoms in total. The lowest BCUT2D eigenvalue weighted by atomic mass is 9.96. The number of hydrogen-bond acceptors (Lipinski definition) is 4. The van der Waals surface area contributed by atoms with E-state index in [1.165, 1.54) is 0 Å². The van der Waals surface area contributed by atoms with Crippen molar-refractivity contribution in [1.82, 2.24) is 30.0 Å². The Morgan fingerprint density at radius 2 is 2.36 bits per heavy atom. The van der Waals surface area contributed by atoms with E-state index in [1.807, 2.05) is 23.1 Å². The predicted octanol–water partition coefficient (Wildman–Crippen LogP) is 2.27. The summed E-state index contributed by atoms with van der Waals surface area (Å²) in [5.41, 5.74) is 4.36. The number of aromatic nitrogens is 5. The van der Waals surface area contributed by atoms with Crippen molar-refractivity contribution < 1.29 is 4.79 Å². The first-order chi connectivity index (χ1) is 12.3. The van der Waals surface area contributed by atoms with E-state index in [0.717, 1.165) is 41.9 Å². The molecule has 0 spiro atoms. The Labute approximate surface area is 145 Å². The molecule has 0 radical (unpaired) electrons. The van der Waals surface area contributed by atoms with E-state index in [2.05, 4.69) is 32.1 Å². The number of amides is 1. The zero-order valence-corrected chi connectivity index (χ0v) is 14.1. The third kappa shape index (κ3) is 2.82. The van der Waals surface area contributed by atoms with Gasteiger partial charge in [-0.1, -0.05) is 19.4 Å². The summed E-state index contributed by atoms with van der Waals surface area (Å²) in [7, 11) is 0. The summed E-state index contributed by atoms with van der Waals surface area (Å²) in [6.45, 7) is 2.72. The number of rotatable bonds is 4. The van der Waals surface area contributed by atoms with Crippen LogP contribution in [0.4, 0.5) is 0 Å². The van der Waals surface area contributed by atoms with Crippen LogP contribution >= 0.6 is 0 Å². The number of hydrogen-bond donors (Lipinski definition) is 2. The van der Waals surface area contributed by atoms with Crippen LogP contribution in [0.1, 0.15) is 52.5 Å². The topological polar surface area (TPSA) is 90.6 Å². The Bertz CT molecular complexity index is 869. The summed E-state index contributed by atoms with van der Waals surface area (Å²) < 4.78 is 0. The number of fused-ring (bicyclic) bond motifs is 1. The van der Waals surface area contributed by atoms with Crippen molar-refractivity contribution >= 4 is 5.91 Å². The van der Waals surface area contributed by atoms with Gasteiger partial charge in [-0.15, -0.1) is 0 Å². The summed E-state index contributed by atoms with van der Waals surface area (Å²) in [4.78, 5) is 26.8. The van der Waals surface area contributed by atoms with Gasteiger partial charge in [0, 0.05) is 36.7 Å². The van der Waals surface area contributed by atoms with Gasteiger partial charge in [0.2, 0.25) is 0 Å². The second-order valence-electron chi connectivity index (χ2n) is 6.23. The molecule has 1 aliphatic heterocycles. The first kappa shape index (κ1) is 15.6. The highest BCUT2D eigenvalue weighted by atomic mass is 16.2. The minimum atomic E-state index is -0.248. The third-order valence-corrected chi connectivity index (χ3v) is 4.56. The van der Waals surface area contributed by atoms with Crippen molar-refractivity contribution in [1.29, 1.82) is 0 Å². The van der Waals surface area contributed by atoms with Crippen molar-refractivity contribution in [2.75, 3.05) is 6.54 Å². The van der Waals surface area contributed by atoms with Gasteiger partial charge in [-0.2, -0.15) is 5.10 Å². The molecule has 1 atom stereocenters. The Morgan fingerprint density at radius 3 is 3.16 bits per heavy atom. The molecule has 0 saturated carbocycles. The molecule has 1 aliphatic rings.